The highest BCUT2D eigenvalue weighted by molar-refractivity contribution is 7.96. The Morgan fingerprint density at radius 2 is 1.92 bits per heavy atom. The van der Waals surface area contributed by atoms with E-state index in [1.807, 2.05) is 13.8 Å². The molecule has 0 bridgehead atoms. The molecule has 0 heterocycles. The summed E-state index contributed by atoms with van der Waals surface area (Å²) in [5, 5.41) is 9.00. The fraction of sp³-hybridized carbons (Fsp3) is 0.421. The van der Waals surface area contributed by atoms with Crippen molar-refractivity contribution in [1.82, 2.24) is 4.90 Å². The number of hydrogen-bond acceptors (Lipinski definition) is 6. The number of hydrogen-bond donors (Lipinski definition) is 1. The van der Waals surface area contributed by atoms with E-state index in [4.69, 9.17) is 9.84 Å². The van der Waals surface area contributed by atoms with Crippen LogP contribution in [0.5, 0.6) is 0 Å². The van der Waals surface area contributed by atoms with Crippen molar-refractivity contribution in [3.63, 3.8) is 0 Å². The number of allylic oxidation sites excluding steroid dienone is 2. The Kier molecular flexibility index (Phi) is 9.69. The molecule has 0 saturated heterocycles. The number of unbranched alkanes of at least 4 members (excludes halogenated alkanes) is 1. The molecule has 1 rings (SSSR count). The van der Waals surface area contributed by atoms with Gasteiger partial charge in [0.2, 0.25) is 9.84 Å². The lowest BCUT2D eigenvalue weighted by Crippen LogP contribution is -2.20. The molecule has 1 aromatic rings. The highest BCUT2D eigenvalue weighted by Gasteiger charge is 2.27. The van der Waals surface area contributed by atoms with Gasteiger partial charge in [-0.15, -0.1) is 0 Å². The van der Waals surface area contributed by atoms with E-state index in [0.717, 1.165) is 6.42 Å². The Morgan fingerprint density at radius 1 is 1.23 bits per heavy atom. The van der Waals surface area contributed by atoms with Crippen LogP contribution < -0.4 is 0 Å². The lowest BCUT2D eigenvalue weighted by molar-refractivity contribution is -0.138. The molecule has 0 unspecified atom stereocenters. The third kappa shape index (κ3) is 6.65. The molecule has 0 aliphatic heterocycles. The van der Waals surface area contributed by atoms with Crippen LogP contribution in [0.15, 0.2) is 58.5 Å². The molecule has 26 heavy (non-hydrogen) atoms. The molecule has 6 nitrogen and oxygen atoms in total. The van der Waals surface area contributed by atoms with E-state index in [-0.39, 0.29) is 18.1 Å². The van der Waals surface area contributed by atoms with Gasteiger partial charge in [0.15, 0.2) is 4.91 Å². The van der Waals surface area contributed by atoms with Crippen LogP contribution in [0, 0.1) is 0 Å². The van der Waals surface area contributed by atoms with Gasteiger partial charge in [0.25, 0.3) is 0 Å². The van der Waals surface area contributed by atoms with Crippen molar-refractivity contribution in [2.24, 2.45) is 0 Å². The maximum atomic E-state index is 12.8. The van der Waals surface area contributed by atoms with Crippen LogP contribution in [0.2, 0.25) is 0 Å². The summed E-state index contributed by atoms with van der Waals surface area (Å²) in [6.07, 6.45) is 5.87. The van der Waals surface area contributed by atoms with Crippen molar-refractivity contribution in [1.29, 1.82) is 0 Å². The van der Waals surface area contributed by atoms with E-state index in [1.165, 1.54) is 24.3 Å². The van der Waals surface area contributed by atoms with Gasteiger partial charge in [-0.1, -0.05) is 31.5 Å². The lowest BCUT2D eigenvalue weighted by Gasteiger charge is -2.15. The summed E-state index contributed by atoms with van der Waals surface area (Å²) >= 11 is 0. The summed E-state index contributed by atoms with van der Waals surface area (Å²) in [7, 11) is -3.99. The molecule has 144 valence electrons. The summed E-state index contributed by atoms with van der Waals surface area (Å²) < 4.78 is 30.8. The van der Waals surface area contributed by atoms with E-state index in [0.29, 0.717) is 19.5 Å². The van der Waals surface area contributed by atoms with Crippen LogP contribution in [-0.4, -0.2) is 50.7 Å². The summed E-state index contributed by atoms with van der Waals surface area (Å²) in [5.74, 6) is -0.864. The first-order valence-electron chi connectivity index (χ1n) is 8.68. The molecule has 0 aliphatic rings. The predicted octanol–water partition coefficient (Wildman–Crippen LogP) is 2.52. The minimum absolute atomic E-state index is 0.0177. The second-order valence-electron chi connectivity index (χ2n) is 5.53. The van der Waals surface area contributed by atoms with Gasteiger partial charge in [-0.05, 0) is 43.8 Å². The van der Waals surface area contributed by atoms with Crippen LogP contribution in [-0.2, 0) is 19.4 Å². The van der Waals surface area contributed by atoms with Gasteiger partial charge in [-0.25, -0.2) is 13.2 Å². The molecule has 0 radical (unpaired) electrons. The monoisotopic (exact) mass is 381 g/mol. The number of benzene rings is 1. The topological polar surface area (TPSA) is 83.9 Å². The second kappa shape index (κ2) is 11.5. The largest absolute Gasteiger partial charge is 0.462 e. The molecule has 1 aromatic carbocycles. The van der Waals surface area contributed by atoms with Crippen molar-refractivity contribution >= 4 is 15.8 Å². The lowest BCUT2D eigenvalue weighted by atomic mass is 10.4. The number of carbonyl (C=O) groups is 1. The Balaban J connectivity index is 3.15. The first-order valence-corrected chi connectivity index (χ1v) is 10.2. The molecule has 0 spiro atoms. The zero-order chi connectivity index (χ0) is 19.4. The first kappa shape index (κ1) is 21.9. The minimum Gasteiger partial charge on any atom is -0.462 e. The summed E-state index contributed by atoms with van der Waals surface area (Å²) in [6, 6.07) is 7.79. The number of likely N-dealkylation sites (N-methyl/N-ethyl adjacent to an activating group) is 1. The molecule has 7 heteroatoms. The average molecular weight is 381 g/mol. The van der Waals surface area contributed by atoms with Crippen molar-refractivity contribution in [2.45, 2.75) is 31.6 Å². The maximum Gasteiger partial charge on any atom is 0.350 e. The Morgan fingerprint density at radius 3 is 2.50 bits per heavy atom. The number of ether oxygens (including phenoxy) is 1. The van der Waals surface area contributed by atoms with Gasteiger partial charge in [-0.3, -0.25) is 0 Å². The molecule has 0 fully saturated rings. The molecule has 0 aromatic heterocycles. The molecule has 0 atom stereocenters. The fourth-order valence-corrected chi connectivity index (χ4v) is 3.40. The molecule has 0 saturated carbocycles. The quantitative estimate of drug-likeness (QED) is 0.274. The highest BCUT2D eigenvalue weighted by Crippen LogP contribution is 2.20. The Hall–Kier alpha value is -2.12. The standard InChI is InChI=1S/C19H27NO5S/c1-3-5-16-25-19(22)18(12-9-13-20(4-2)14-15-21)26(23,24)17-10-7-6-8-11-17/h6-13,21H,3-5,14-16H2,1-2H3. The highest BCUT2D eigenvalue weighted by atomic mass is 32.2. The third-order valence-corrected chi connectivity index (χ3v) is 5.39. The first-order chi connectivity index (χ1) is 12.5. The van der Waals surface area contributed by atoms with E-state index in [9.17, 15) is 13.2 Å². The molecule has 0 aliphatic carbocycles. The normalized spacial score (nSPS) is 12.3. The Bertz CT molecular complexity index is 711. The van der Waals surface area contributed by atoms with E-state index in [1.54, 1.807) is 29.3 Å². The maximum absolute atomic E-state index is 12.8. The average Bonchev–Trinajstić information content (AvgIpc) is 2.64. The summed E-state index contributed by atoms with van der Waals surface area (Å²) in [4.78, 5) is 13.8. The number of aliphatic hydroxyl groups excluding tert-OH is 1. The van der Waals surface area contributed by atoms with Crippen molar-refractivity contribution in [3.05, 3.63) is 53.6 Å². The van der Waals surface area contributed by atoms with Crippen LogP contribution in [0.25, 0.3) is 0 Å². The number of carbonyl (C=O) groups excluding carboxylic acids is 1. The predicted molar refractivity (Wildman–Crippen MR) is 101 cm³/mol. The minimum atomic E-state index is -3.99. The van der Waals surface area contributed by atoms with E-state index < -0.39 is 20.7 Å². The number of rotatable bonds is 11. The summed E-state index contributed by atoms with van der Waals surface area (Å²) in [6.45, 7) is 5.08. The van der Waals surface area contributed by atoms with Crippen molar-refractivity contribution in [3.8, 4) is 0 Å². The third-order valence-electron chi connectivity index (χ3n) is 3.61. The van der Waals surface area contributed by atoms with Gasteiger partial charge in [-0.2, -0.15) is 0 Å². The smallest absolute Gasteiger partial charge is 0.350 e. The number of sulfone groups is 1. The molecular weight excluding hydrogens is 354 g/mol. The van der Waals surface area contributed by atoms with Crippen LogP contribution in [0.4, 0.5) is 0 Å². The SMILES string of the molecule is CCCCOC(=O)C(=CC=CN(CC)CCO)S(=O)(=O)c1ccccc1. The molecule has 1 N–H and O–H groups in total. The van der Waals surface area contributed by atoms with Gasteiger partial charge < -0.3 is 14.7 Å². The van der Waals surface area contributed by atoms with Gasteiger partial charge in [0, 0.05) is 13.1 Å². The molecule has 0 amide bonds. The number of nitrogens with zero attached hydrogens (tertiary/aromatic N) is 1. The van der Waals surface area contributed by atoms with Crippen LogP contribution in [0.1, 0.15) is 26.7 Å². The van der Waals surface area contributed by atoms with Crippen molar-refractivity contribution < 1.29 is 23.1 Å². The number of esters is 1. The summed E-state index contributed by atoms with van der Waals surface area (Å²) in [5.41, 5.74) is 0. The zero-order valence-corrected chi connectivity index (χ0v) is 16.1. The zero-order valence-electron chi connectivity index (χ0n) is 15.3. The number of aliphatic hydroxyl groups is 1. The Labute approximate surface area is 155 Å². The van der Waals surface area contributed by atoms with Crippen LogP contribution >= 0.6 is 0 Å². The van der Waals surface area contributed by atoms with E-state index in [2.05, 4.69) is 0 Å². The second-order valence-corrected chi connectivity index (χ2v) is 7.45. The fourth-order valence-electron chi connectivity index (χ4n) is 2.09. The van der Waals surface area contributed by atoms with Crippen LogP contribution in [0.3, 0.4) is 0 Å². The van der Waals surface area contributed by atoms with Gasteiger partial charge in [0.05, 0.1) is 18.1 Å². The van der Waals surface area contributed by atoms with Gasteiger partial charge >= 0.3 is 5.97 Å². The molecular formula is C19H27NO5S. The van der Waals surface area contributed by atoms with Crippen molar-refractivity contribution in [2.75, 3.05) is 26.3 Å². The van der Waals surface area contributed by atoms with Gasteiger partial charge in [0.1, 0.15) is 0 Å². The van der Waals surface area contributed by atoms with E-state index >= 15 is 0 Å².